The minimum Gasteiger partial charge on any atom is -0.394 e. The maximum absolute atomic E-state index is 10.2. The molecule has 0 aromatic carbocycles. The summed E-state index contributed by atoms with van der Waals surface area (Å²) in [7, 11) is 0. The third-order valence-corrected chi connectivity index (χ3v) is 8.45. The lowest BCUT2D eigenvalue weighted by Gasteiger charge is -2.22. The fourth-order valence-corrected chi connectivity index (χ4v) is 5.63. The number of hydrogen-bond acceptors (Lipinski definition) is 3. The summed E-state index contributed by atoms with van der Waals surface area (Å²) in [5.41, 5.74) is 0. The summed E-state index contributed by atoms with van der Waals surface area (Å²) in [6.07, 6.45) is 42.0. The van der Waals surface area contributed by atoms with Gasteiger partial charge in [-0.15, -0.1) is 0 Å². The minimum atomic E-state index is -0.740. The van der Waals surface area contributed by atoms with Gasteiger partial charge >= 0.3 is 0 Å². The fourth-order valence-electron chi connectivity index (χ4n) is 5.63. The number of aliphatic hydroxyl groups is 2. The van der Waals surface area contributed by atoms with Crippen LogP contribution in [-0.2, 0) is 4.74 Å². The van der Waals surface area contributed by atoms with Crippen molar-refractivity contribution < 1.29 is 14.9 Å². The van der Waals surface area contributed by atoms with Gasteiger partial charge < -0.3 is 14.9 Å². The molecule has 0 fully saturated rings. The maximum Gasteiger partial charge on any atom is 0.103 e. The fraction of sp³-hybridized carbons (Fsp3) is 0.946. The van der Waals surface area contributed by atoms with Crippen LogP contribution in [0.15, 0.2) is 12.2 Å². The van der Waals surface area contributed by atoms with E-state index in [0.29, 0.717) is 6.61 Å². The van der Waals surface area contributed by atoms with Gasteiger partial charge in [-0.05, 0) is 38.5 Å². The largest absolute Gasteiger partial charge is 0.394 e. The Hall–Kier alpha value is -0.380. The SMILES string of the molecule is CCCCCCCC/C=C\CCCCCCCCOC(CCCCCCCCCCCCCCCC)C(O)CO. The molecule has 0 amide bonds. The van der Waals surface area contributed by atoms with Crippen LogP contribution in [0.2, 0.25) is 0 Å². The molecule has 0 saturated heterocycles. The zero-order chi connectivity index (χ0) is 29.2. The van der Waals surface area contributed by atoms with Crippen LogP contribution in [0.4, 0.5) is 0 Å². The Morgan fingerprint density at radius 1 is 0.475 bits per heavy atom. The van der Waals surface area contributed by atoms with Crippen LogP contribution in [0.25, 0.3) is 0 Å². The number of rotatable bonds is 34. The van der Waals surface area contributed by atoms with Gasteiger partial charge in [0.15, 0.2) is 0 Å². The van der Waals surface area contributed by atoms with Crippen LogP contribution >= 0.6 is 0 Å². The highest BCUT2D eigenvalue weighted by Gasteiger charge is 2.18. The number of allylic oxidation sites excluding steroid dienone is 2. The highest BCUT2D eigenvalue weighted by atomic mass is 16.5. The first-order chi connectivity index (χ1) is 19.8. The number of unbranched alkanes of at least 4 members (excludes halogenated alkanes) is 25. The molecule has 0 saturated carbocycles. The second kappa shape index (κ2) is 34.8. The van der Waals surface area contributed by atoms with E-state index in [0.717, 1.165) is 19.3 Å². The van der Waals surface area contributed by atoms with Crippen molar-refractivity contribution in [2.45, 2.75) is 212 Å². The van der Waals surface area contributed by atoms with Gasteiger partial charge in [0.2, 0.25) is 0 Å². The van der Waals surface area contributed by atoms with Crippen molar-refractivity contribution in [2.24, 2.45) is 0 Å². The molecule has 0 spiro atoms. The quantitative estimate of drug-likeness (QED) is 0.0601. The van der Waals surface area contributed by atoms with Crippen molar-refractivity contribution in [3.05, 3.63) is 12.2 Å². The molecular formula is C37H74O3. The summed E-state index contributed by atoms with van der Waals surface area (Å²) in [6, 6.07) is 0. The van der Waals surface area contributed by atoms with Gasteiger partial charge in [0.25, 0.3) is 0 Å². The molecular weight excluding hydrogens is 492 g/mol. The maximum atomic E-state index is 10.2. The lowest BCUT2D eigenvalue weighted by molar-refractivity contribution is -0.0629. The lowest BCUT2D eigenvalue weighted by Crippen LogP contribution is -2.32. The normalized spacial score (nSPS) is 13.4. The van der Waals surface area contributed by atoms with Gasteiger partial charge in [-0.3, -0.25) is 0 Å². The molecule has 3 nitrogen and oxygen atoms in total. The van der Waals surface area contributed by atoms with Gasteiger partial charge in [-0.1, -0.05) is 174 Å². The van der Waals surface area contributed by atoms with Gasteiger partial charge in [-0.25, -0.2) is 0 Å². The third kappa shape index (κ3) is 30.6. The van der Waals surface area contributed by atoms with E-state index in [1.165, 1.54) is 167 Å². The standard InChI is InChI=1S/C37H74O3/c1-3-5-7-9-11-13-15-17-19-20-22-24-26-28-30-32-34-40-37(36(39)35-38)33-31-29-27-25-23-21-18-16-14-12-10-8-6-4-2/h17,19,36-39H,3-16,18,20-35H2,1-2H3/b19-17-. The van der Waals surface area contributed by atoms with E-state index in [2.05, 4.69) is 26.0 Å². The number of aliphatic hydroxyl groups excluding tert-OH is 2. The van der Waals surface area contributed by atoms with Crippen LogP contribution in [0, 0.1) is 0 Å². The van der Waals surface area contributed by atoms with Crippen LogP contribution < -0.4 is 0 Å². The smallest absolute Gasteiger partial charge is 0.103 e. The molecule has 2 unspecified atom stereocenters. The van der Waals surface area contributed by atoms with Crippen molar-refractivity contribution in [3.8, 4) is 0 Å². The molecule has 0 heterocycles. The number of hydrogen-bond donors (Lipinski definition) is 2. The molecule has 0 rings (SSSR count). The highest BCUT2D eigenvalue weighted by molar-refractivity contribution is 4.81. The minimum absolute atomic E-state index is 0.198. The first-order valence-corrected chi connectivity index (χ1v) is 18.3. The molecule has 0 aromatic heterocycles. The molecule has 0 bridgehead atoms. The van der Waals surface area contributed by atoms with Gasteiger partial charge in [-0.2, -0.15) is 0 Å². The lowest BCUT2D eigenvalue weighted by atomic mass is 10.0. The van der Waals surface area contributed by atoms with Gasteiger partial charge in [0.05, 0.1) is 12.7 Å². The average Bonchev–Trinajstić information content (AvgIpc) is 2.97. The van der Waals surface area contributed by atoms with Crippen molar-refractivity contribution in [1.82, 2.24) is 0 Å². The van der Waals surface area contributed by atoms with Crippen molar-refractivity contribution in [2.75, 3.05) is 13.2 Å². The molecule has 2 atom stereocenters. The van der Waals surface area contributed by atoms with E-state index in [1.54, 1.807) is 0 Å². The highest BCUT2D eigenvalue weighted by Crippen LogP contribution is 2.16. The van der Waals surface area contributed by atoms with E-state index in [4.69, 9.17) is 4.74 Å². The van der Waals surface area contributed by atoms with Gasteiger partial charge in [0.1, 0.15) is 6.10 Å². The molecule has 40 heavy (non-hydrogen) atoms. The molecule has 0 aliphatic heterocycles. The van der Waals surface area contributed by atoms with Crippen molar-refractivity contribution >= 4 is 0 Å². The predicted octanol–water partition coefficient (Wildman–Crippen LogP) is 11.6. The Kier molecular flexibility index (Phi) is 34.5. The summed E-state index contributed by atoms with van der Waals surface area (Å²) >= 11 is 0. The molecule has 0 aromatic rings. The number of ether oxygens (including phenoxy) is 1. The zero-order valence-corrected chi connectivity index (χ0v) is 27.5. The average molecular weight is 567 g/mol. The van der Waals surface area contributed by atoms with Crippen molar-refractivity contribution in [1.29, 1.82) is 0 Å². The van der Waals surface area contributed by atoms with Crippen LogP contribution in [0.3, 0.4) is 0 Å². The Labute approximate surface area is 252 Å². The Morgan fingerprint density at radius 3 is 1.23 bits per heavy atom. The molecule has 0 radical (unpaired) electrons. The third-order valence-electron chi connectivity index (χ3n) is 8.45. The predicted molar refractivity (Wildman–Crippen MR) is 177 cm³/mol. The first kappa shape index (κ1) is 39.6. The zero-order valence-electron chi connectivity index (χ0n) is 27.5. The molecule has 3 heteroatoms. The summed E-state index contributed by atoms with van der Waals surface area (Å²) < 4.78 is 6.01. The van der Waals surface area contributed by atoms with E-state index < -0.39 is 6.10 Å². The van der Waals surface area contributed by atoms with Crippen LogP contribution in [0.5, 0.6) is 0 Å². The monoisotopic (exact) mass is 567 g/mol. The molecule has 240 valence electrons. The van der Waals surface area contributed by atoms with Crippen LogP contribution in [-0.4, -0.2) is 35.6 Å². The van der Waals surface area contributed by atoms with Crippen LogP contribution in [0.1, 0.15) is 200 Å². The van der Waals surface area contributed by atoms with E-state index >= 15 is 0 Å². The van der Waals surface area contributed by atoms with E-state index in [1.807, 2.05) is 0 Å². The Bertz CT molecular complexity index is 478. The first-order valence-electron chi connectivity index (χ1n) is 18.3. The topological polar surface area (TPSA) is 49.7 Å². The second-order valence-electron chi connectivity index (χ2n) is 12.5. The summed E-state index contributed by atoms with van der Waals surface area (Å²) in [5.74, 6) is 0. The molecule has 0 aliphatic rings. The molecule has 0 aliphatic carbocycles. The Balaban J connectivity index is 3.52. The summed E-state index contributed by atoms with van der Waals surface area (Å²) in [6.45, 7) is 5.07. The van der Waals surface area contributed by atoms with Gasteiger partial charge in [0, 0.05) is 6.61 Å². The molecule has 2 N–H and O–H groups in total. The van der Waals surface area contributed by atoms with E-state index in [-0.39, 0.29) is 12.7 Å². The Morgan fingerprint density at radius 2 is 0.825 bits per heavy atom. The van der Waals surface area contributed by atoms with Crippen molar-refractivity contribution in [3.63, 3.8) is 0 Å². The second-order valence-corrected chi connectivity index (χ2v) is 12.5. The summed E-state index contributed by atoms with van der Waals surface area (Å²) in [4.78, 5) is 0. The van der Waals surface area contributed by atoms with E-state index in [9.17, 15) is 10.2 Å². The summed E-state index contributed by atoms with van der Waals surface area (Å²) in [5, 5.41) is 19.6.